The summed E-state index contributed by atoms with van der Waals surface area (Å²) in [6.07, 6.45) is -0.282. The van der Waals surface area contributed by atoms with Gasteiger partial charge < -0.3 is 24.4 Å². The van der Waals surface area contributed by atoms with Gasteiger partial charge in [-0.25, -0.2) is 0 Å². The number of amides is 1. The van der Waals surface area contributed by atoms with Gasteiger partial charge in [-0.1, -0.05) is 17.3 Å². The summed E-state index contributed by atoms with van der Waals surface area (Å²) in [5.74, 6) is 1.74. The maximum Gasteiger partial charge on any atom is 0.268 e. The number of nitrogens with one attached hydrogen (secondary N) is 1. The molecule has 2 aromatic rings. The molecule has 1 atom stereocenters. The van der Waals surface area contributed by atoms with Gasteiger partial charge >= 0.3 is 0 Å². The molecule has 0 saturated heterocycles. The van der Waals surface area contributed by atoms with Gasteiger partial charge in [-0.3, -0.25) is 4.79 Å². The summed E-state index contributed by atoms with van der Waals surface area (Å²) in [4.78, 5) is 17.7. The van der Waals surface area contributed by atoms with Crippen molar-refractivity contribution in [2.45, 2.75) is 12.5 Å². The van der Waals surface area contributed by atoms with Gasteiger partial charge in [0.25, 0.3) is 5.91 Å². The fourth-order valence-electron chi connectivity index (χ4n) is 2.69. The lowest BCUT2D eigenvalue weighted by Crippen LogP contribution is -2.28. The van der Waals surface area contributed by atoms with Crippen molar-refractivity contribution in [1.29, 1.82) is 0 Å². The Morgan fingerprint density at radius 1 is 1.20 bits per heavy atom. The third-order valence-corrected chi connectivity index (χ3v) is 4.00. The molecule has 0 aliphatic carbocycles. The molecule has 25 heavy (non-hydrogen) atoms. The number of oxime groups is 1. The quantitative estimate of drug-likeness (QED) is 0.925. The molecule has 0 radical (unpaired) electrons. The number of nitrogens with zero attached hydrogens (tertiary/aromatic N) is 1. The maximum atomic E-state index is 12.4. The fraction of sp³-hybridized carbons (Fsp3) is 0.222. The number of fused-ring (bicyclic) bond motifs is 1. The first-order valence-electron chi connectivity index (χ1n) is 7.80. The zero-order valence-corrected chi connectivity index (χ0v) is 13.5. The van der Waals surface area contributed by atoms with E-state index in [1.807, 2.05) is 24.3 Å². The van der Waals surface area contributed by atoms with Crippen LogP contribution in [0, 0.1) is 0 Å². The van der Waals surface area contributed by atoms with Crippen molar-refractivity contribution in [3.63, 3.8) is 0 Å². The Labute approximate surface area is 144 Å². The van der Waals surface area contributed by atoms with E-state index < -0.39 is 6.10 Å². The predicted molar refractivity (Wildman–Crippen MR) is 90.2 cm³/mol. The molecule has 2 heterocycles. The number of ether oxygens (including phenoxy) is 3. The van der Waals surface area contributed by atoms with E-state index in [9.17, 15) is 4.79 Å². The average molecular weight is 340 g/mol. The first-order chi connectivity index (χ1) is 12.2. The molecule has 1 amide bonds. The standard InChI is InChI=1S/C18H16N2O5/c1-22-13-4-2-3-11(7-13)14-9-17(25-20-14)18(21)19-12-5-6-15-16(8-12)24-10-23-15/h2-8,17H,9-10H2,1H3,(H,19,21)/t17-/m1/s1. The van der Waals surface area contributed by atoms with Crippen LogP contribution in [0.5, 0.6) is 17.2 Å². The lowest BCUT2D eigenvalue weighted by molar-refractivity contribution is -0.125. The van der Waals surface area contributed by atoms with Gasteiger partial charge in [-0.15, -0.1) is 0 Å². The van der Waals surface area contributed by atoms with E-state index in [0.717, 1.165) is 11.3 Å². The van der Waals surface area contributed by atoms with Crippen molar-refractivity contribution >= 4 is 17.3 Å². The number of anilines is 1. The van der Waals surface area contributed by atoms with Crippen LogP contribution in [-0.4, -0.2) is 31.6 Å². The average Bonchev–Trinajstić information content (AvgIpc) is 3.31. The SMILES string of the molecule is COc1cccc(C2=NO[C@@H](C(=O)Nc3ccc4c(c3)OCO4)C2)c1. The van der Waals surface area contributed by atoms with E-state index in [2.05, 4.69) is 10.5 Å². The summed E-state index contributed by atoms with van der Waals surface area (Å²) in [6, 6.07) is 12.7. The minimum atomic E-state index is -0.674. The van der Waals surface area contributed by atoms with Crippen molar-refractivity contribution in [1.82, 2.24) is 0 Å². The van der Waals surface area contributed by atoms with E-state index >= 15 is 0 Å². The highest BCUT2D eigenvalue weighted by Crippen LogP contribution is 2.34. The highest BCUT2D eigenvalue weighted by molar-refractivity contribution is 6.06. The van der Waals surface area contributed by atoms with Crippen LogP contribution in [-0.2, 0) is 9.63 Å². The van der Waals surface area contributed by atoms with Crippen LogP contribution >= 0.6 is 0 Å². The first-order valence-corrected chi connectivity index (χ1v) is 7.80. The highest BCUT2D eigenvalue weighted by atomic mass is 16.7. The zero-order valence-electron chi connectivity index (χ0n) is 13.5. The van der Waals surface area contributed by atoms with Crippen LogP contribution in [0.3, 0.4) is 0 Å². The molecule has 2 aromatic carbocycles. The van der Waals surface area contributed by atoms with Gasteiger partial charge in [-0.2, -0.15) is 0 Å². The third kappa shape index (κ3) is 3.08. The monoisotopic (exact) mass is 340 g/mol. The number of benzene rings is 2. The molecule has 2 aliphatic rings. The molecular formula is C18H16N2O5. The Hall–Kier alpha value is -3.22. The fourth-order valence-corrected chi connectivity index (χ4v) is 2.69. The number of carbonyl (C=O) groups excluding carboxylic acids is 1. The molecule has 0 fully saturated rings. The van der Waals surface area contributed by atoms with E-state index in [-0.39, 0.29) is 12.7 Å². The highest BCUT2D eigenvalue weighted by Gasteiger charge is 2.29. The van der Waals surface area contributed by atoms with Gasteiger partial charge in [0.05, 0.1) is 12.8 Å². The Morgan fingerprint density at radius 2 is 2.08 bits per heavy atom. The van der Waals surface area contributed by atoms with Gasteiger partial charge in [-0.05, 0) is 24.3 Å². The second kappa shape index (κ2) is 6.35. The number of carbonyl (C=O) groups is 1. The van der Waals surface area contributed by atoms with Crippen molar-refractivity contribution < 1.29 is 23.8 Å². The van der Waals surface area contributed by atoms with Crippen LogP contribution < -0.4 is 19.5 Å². The number of methoxy groups -OCH3 is 1. The number of rotatable bonds is 4. The van der Waals surface area contributed by atoms with E-state index in [4.69, 9.17) is 19.0 Å². The largest absolute Gasteiger partial charge is 0.497 e. The Balaban J connectivity index is 1.41. The molecule has 7 nitrogen and oxygen atoms in total. The molecule has 0 spiro atoms. The summed E-state index contributed by atoms with van der Waals surface area (Å²) in [5.41, 5.74) is 2.20. The zero-order chi connectivity index (χ0) is 17.2. The van der Waals surface area contributed by atoms with Crippen LogP contribution in [0.1, 0.15) is 12.0 Å². The molecule has 128 valence electrons. The third-order valence-electron chi connectivity index (χ3n) is 4.00. The Morgan fingerprint density at radius 3 is 2.96 bits per heavy atom. The van der Waals surface area contributed by atoms with Gasteiger partial charge in [0.2, 0.25) is 12.9 Å². The van der Waals surface area contributed by atoms with E-state index in [0.29, 0.717) is 29.3 Å². The Kier molecular flexibility index (Phi) is 3.89. The summed E-state index contributed by atoms with van der Waals surface area (Å²) < 4.78 is 15.8. The van der Waals surface area contributed by atoms with Crippen LogP contribution in [0.25, 0.3) is 0 Å². The van der Waals surface area contributed by atoms with Crippen LogP contribution in [0.4, 0.5) is 5.69 Å². The first kappa shape index (κ1) is 15.3. The summed E-state index contributed by atoms with van der Waals surface area (Å²) in [5, 5.41) is 6.85. The molecule has 1 N–H and O–H groups in total. The molecule has 0 bridgehead atoms. The minimum absolute atomic E-state index is 0.191. The predicted octanol–water partition coefficient (Wildman–Crippen LogP) is 2.56. The molecule has 2 aliphatic heterocycles. The van der Waals surface area contributed by atoms with Crippen LogP contribution in [0.15, 0.2) is 47.6 Å². The van der Waals surface area contributed by atoms with Crippen molar-refractivity contribution in [3.05, 3.63) is 48.0 Å². The Bertz CT molecular complexity index is 849. The smallest absolute Gasteiger partial charge is 0.268 e. The van der Waals surface area contributed by atoms with Crippen molar-refractivity contribution in [3.8, 4) is 17.2 Å². The topological polar surface area (TPSA) is 78.4 Å². The molecule has 0 aromatic heterocycles. The van der Waals surface area contributed by atoms with Crippen molar-refractivity contribution in [2.75, 3.05) is 19.2 Å². The molecule has 0 saturated carbocycles. The lowest BCUT2D eigenvalue weighted by Gasteiger charge is -2.10. The number of hydrogen-bond acceptors (Lipinski definition) is 6. The maximum absolute atomic E-state index is 12.4. The molecule has 4 rings (SSSR count). The molecular weight excluding hydrogens is 324 g/mol. The normalized spacial score (nSPS) is 17.6. The van der Waals surface area contributed by atoms with Gasteiger partial charge in [0, 0.05) is 23.7 Å². The lowest BCUT2D eigenvalue weighted by atomic mass is 10.0. The minimum Gasteiger partial charge on any atom is -0.497 e. The summed E-state index contributed by atoms with van der Waals surface area (Å²) in [7, 11) is 1.60. The second-order valence-electron chi connectivity index (χ2n) is 5.63. The molecule has 7 heteroatoms. The summed E-state index contributed by atoms with van der Waals surface area (Å²) >= 11 is 0. The van der Waals surface area contributed by atoms with E-state index in [1.54, 1.807) is 25.3 Å². The number of hydrogen-bond donors (Lipinski definition) is 1. The second-order valence-corrected chi connectivity index (χ2v) is 5.63. The van der Waals surface area contributed by atoms with Crippen molar-refractivity contribution in [2.24, 2.45) is 5.16 Å². The van der Waals surface area contributed by atoms with Gasteiger partial charge in [0.1, 0.15) is 5.75 Å². The van der Waals surface area contributed by atoms with Gasteiger partial charge in [0.15, 0.2) is 11.5 Å². The van der Waals surface area contributed by atoms with E-state index in [1.165, 1.54) is 0 Å². The van der Waals surface area contributed by atoms with Crippen LogP contribution in [0.2, 0.25) is 0 Å². The molecule has 0 unspecified atom stereocenters. The summed E-state index contributed by atoms with van der Waals surface area (Å²) in [6.45, 7) is 0.191.